The first-order valence-electron chi connectivity index (χ1n) is 13.3. The van der Waals surface area contributed by atoms with Crippen LogP contribution in [0.4, 0.5) is 0 Å². The predicted molar refractivity (Wildman–Crippen MR) is 130 cm³/mol. The van der Waals surface area contributed by atoms with E-state index in [4.69, 9.17) is 5.73 Å². The fraction of sp³-hybridized carbons (Fsp3) is 0.880. The van der Waals surface area contributed by atoms with Gasteiger partial charge in [-0.05, 0) is 71.1 Å². The number of nitrogens with two attached hydrogens (primary N) is 1. The van der Waals surface area contributed by atoms with E-state index in [0.717, 1.165) is 45.1 Å². The zero-order valence-electron chi connectivity index (χ0n) is 21.2. The molecule has 1 aliphatic carbocycles. The van der Waals surface area contributed by atoms with Crippen molar-refractivity contribution in [2.75, 3.05) is 13.1 Å². The molecule has 0 aromatic rings. The van der Waals surface area contributed by atoms with Crippen LogP contribution in [0.25, 0.3) is 0 Å². The highest BCUT2D eigenvalue weighted by Gasteiger charge is 2.49. The van der Waals surface area contributed by atoms with Crippen LogP contribution in [0, 0.1) is 35.5 Å². The van der Waals surface area contributed by atoms with Gasteiger partial charge < -0.3 is 16.4 Å². The van der Waals surface area contributed by atoms with Gasteiger partial charge in [0.1, 0.15) is 0 Å². The number of nitrogens with one attached hydrogen (secondary N) is 4. The third-order valence-corrected chi connectivity index (χ3v) is 8.89. The summed E-state index contributed by atoms with van der Waals surface area (Å²) in [7, 11) is 0. The molecule has 3 amide bonds. The van der Waals surface area contributed by atoms with Crippen molar-refractivity contribution in [1.29, 1.82) is 0 Å². The molecule has 3 heterocycles. The fourth-order valence-electron chi connectivity index (χ4n) is 6.89. The molecule has 0 bridgehead atoms. The molecule has 1 saturated carbocycles. The van der Waals surface area contributed by atoms with Crippen LogP contribution in [-0.4, -0.2) is 60.1 Å². The van der Waals surface area contributed by atoms with Gasteiger partial charge in [-0.2, -0.15) is 0 Å². The molecule has 4 aliphatic rings. The van der Waals surface area contributed by atoms with Crippen LogP contribution in [0.2, 0.25) is 0 Å². The Morgan fingerprint density at radius 3 is 2.47 bits per heavy atom. The highest BCUT2D eigenvalue weighted by atomic mass is 16.2. The van der Waals surface area contributed by atoms with Crippen LogP contribution in [0.3, 0.4) is 0 Å². The Bertz CT molecular complexity index is 768. The van der Waals surface area contributed by atoms with E-state index in [0.29, 0.717) is 18.5 Å². The Labute approximate surface area is 203 Å². The molecule has 3 saturated heterocycles. The fourth-order valence-corrected chi connectivity index (χ4v) is 6.89. The average molecular weight is 477 g/mol. The maximum absolute atomic E-state index is 13.5. The second-order valence-electron chi connectivity index (χ2n) is 11.6. The maximum atomic E-state index is 13.5. The molecule has 4 fully saturated rings. The molecule has 0 radical (unpaired) electrons. The summed E-state index contributed by atoms with van der Waals surface area (Å²) < 4.78 is 0. The minimum absolute atomic E-state index is 0.0154. The first-order chi connectivity index (χ1) is 16.2. The molecule has 9 heteroatoms. The van der Waals surface area contributed by atoms with Crippen LogP contribution in [0.1, 0.15) is 66.2 Å². The molecule has 7 unspecified atom stereocenters. The summed E-state index contributed by atoms with van der Waals surface area (Å²) in [6.45, 7) is 9.63. The summed E-state index contributed by atoms with van der Waals surface area (Å²) in [5, 5.41) is 12.3. The van der Waals surface area contributed by atoms with Crippen LogP contribution in [0.5, 0.6) is 0 Å². The van der Waals surface area contributed by atoms with E-state index in [9.17, 15) is 14.4 Å². The minimum Gasteiger partial charge on any atom is -0.369 e. The van der Waals surface area contributed by atoms with Crippen molar-refractivity contribution in [3.8, 4) is 0 Å². The number of piperidine rings is 2. The Morgan fingerprint density at radius 1 is 1.15 bits per heavy atom. The molecular weight excluding hydrogens is 432 g/mol. The highest BCUT2D eigenvalue weighted by Crippen LogP contribution is 2.39. The Hall–Kier alpha value is -1.71. The Kier molecular flexibility index (Phi) is 7.84. The van der Waals surface area contributed by atoms with E-state index < -0.39 is 0 Å². The average Bonchev–Trinajstić information content (AvgIpc) is 3.22. The van der Waals surface area contributed by atoms with E-state index >= 15 is 0 Å². The molecule has 0 spiro atoms. The number of nitrogens with zero attached hydrogens (tertiary/aromatic N) is 1. The molecule has 9 nitrogen and oxygen atoms in total. The van der Waals surface area contributed by atoms with Crippen LogP contribution < -0.4 is 27.1 Å². The number of hydrogen-bond donors (Lipinski definition) is 5. The molecule has 0 aromatic carbocycles. The maximum Gasteiger partial charge on any atom is 0.225 e. The van der Waals surface area contributed by atoms with E-state index in [1.54, 1.807) is 0 Å². The number of amides is 3. The van der Waals surface area contributed by atoms with Crippen molar-refractivity contribution < 1.29 is 14.4 Å². The van der Waals surface area contributed by atoms with E-state index in [2.05, 4.69) is 47.2 Å². The van der Waals surface area contributed by atoms with Gasteiger partial charge >= 0.3 is 0 Å². The normalized spacial score (nSPS) is 41.1. The number of fused-ring (bicyclic) bond motifs is 1. The third kappa shape index (κ3) is 5.26. The Balaban J connectivity index is 1.43. The van der Waals surface area contributed by atoms with Crippen molar-refractivity contribution in [2.24, 2.45) is 41.2 Å². The van der Waals surface area contributed by atoms with E-state index in [1.807, 2.05) is 6.92 Å². The molecule has 6 N–H and O–H groups in total. The van der Waals surface area contributed by atoms with Gasteiger partial charge in [0.25, 0.3) is 0 Å². The second-order valence-corrected chi connectivity index (χ2v) is 11.6. The molecule has 0 aromatic heterocycles. The molecule has 34 heavy (non-hydrogen) atoms. The second kappa shape index (κ2) is 10.5. The molecule has 192 valence electrons. The smallest absolute Gasteiger partial charge is 0.225 e. The lowest BCUT2D eigenvalue weighted by molar-refractivity contribution is -0.132. The standard InChI is InChI=1S/C25H44N6O3/c1-13(2)31-23-20(12-28-31)18(10-21(30-23)16-5-7-17(8-6-16)22(26)32)24(33)27-11-19-14(3)9-15(4)29-25(19)34/h13-21,23,28,30H,5-12H2,1-4H3,(H2,26,32)(H,27,33)(H,29,34). The van der Waals surface area contributed by atoms with Crippen molar-refractivity contribution in [3.05, 3.63) is 0 Å². The van der Waals surface area contributed by atoms with Gasteiger partial charge in [0, 0.05) is 49.0 Å². The largest absolute Gasteiger partial charge is 0.369 e. The summed E-state index contributed by atoms with van der Waals surface area (Å²) in [6.07, 6.45) is 5.42. The van der Waals surface area contributed by atoms with Crippen LogP contribution in [-0.2, 0) is 14.4 Å². The number of primary amides is 1. The third-order valence-electron chi connectivity index (χ3n) is 8.89. The van der Waals surface area contributed by atoms with Gasteiger partial charge in [0.15, 0.2) is 0 Å². The van der Waals surface area contributed by atoms with E-state index in [-0.39, 0.29) is 65.6 Å². The van der Waals surface area contributed by atoms with Gasteiger partial charge in [-0.25, -0.2) is 5.01 Å². The van der Waals surface area contributed by atoms with Crippen LogP contribution in [0.15, 0.2) is 0 Å². The quantitative estimate of drug-likeness (QED) is 0.384. The number of hydrazine groups is 1. The van der Waals surface area contributed by atoms with Gasteiger partial charge in [0.05, 0.1) is 12.1 Å². The zero-order chi connectivity index (χ0) is 24.6. The highest BCUT2D eigenvalue weighted by molar-refractivity contribution is 5.83. The van der Waals surface area contributed by atoms with Gasteiger partial charge in [-0.3, -0.25) is 25.1 Å². The molecule has 3 aliphatic heterocycles. The lowest BCUT2D eigenvalue weighted by atomic mass is 9.71. The van der Waals surface area contributed by atoms with Crippen molar-refractivity contribution in [1.82, 2.24) is 26.4 Å². The molecular formula is C25H44N6O3. The van der Waals surface area contributed by atoms with Gasteiger partial charge in [0.2, 0.25) is 17.7 Å². The Morgan fingerprint density at radius 2 is 1.85 bits per heavy atom. The summed E-state index contributed by atoms with van der Waals surface area (Å²) in [4.78, 5) is 37.7. The number of carbonyl (C=O) groups excluding carboxylic acids is 3. The summed E-state index contributed by atoms with van der Waals surface area (Å²) in [5.74, 6) is 0.499. The molecule has 4 rings (SSSR count). The van der Waals surface area contributed by atoms with Gasteiger partial charge in [-0.1, -0.05) is 6.92 Å². The van der Waals surface area contributed by atoms with Crippen molar-refractivity contribution in [2.45, 2.75) is 90.5 Å². The number of rotatable bonds is 6. The predicted octanol–water partition coefficient (Wildman–Crippen LogP) is 0.704. The molecule has 7 atom stereocenters. The van der Waals surface area contributed by atoms with Crippen molar-refractivity contribution >= 4 is 17.7 Å². The summed E-state index contributed by atoms with van der Waals surface area (Å²) in [6, 6.07) is 0.727. The lowest BCUT2D eigenvalue weighted by Gasteiger charge is -2.45. The van der Waals surface area contributed by atoms with E-state index in [1.165, 1.54) is 0 Å². The topological polar surface area (TPSA) is 129 Å². The first-order valence-corrected chi connectivity index (χ1v) is 13.3. The summed E-state index contributed by atoms with van der Waals surface area (Å²) in [5.41, 5.74) is 9.06. The zero-order valence-corrected chi connectivity index (χ0v) is 21.2. The lowest BCUT2D eigenvalue weighted by Crippen LogP contribution is -2.62. The minimum atomic E-state index is -0.186. The van der Waals surface area contributed by atoms with Crippen molar-refractivity contribution in [3.63, 3.8) is 0 Å². The number of carbonyl (C=O) groups is 3. The van der Waals surface area contributed by atoms with Crippen LogP contribution >= 0.6 is 0 Å². The summed E-state index contributed by atoms with van der Waals surface area (Å²) >= 11 is 0. The monoisotopic (exact) mass is 476 g/mol. The first kappa shape index (κ1) is 25.4. The van der Waals surface area contributed by atoms with Gasteiger partial charge in [-0.15, -0.1) is 0 Å². The SMILES string of the molecule is CC1CC(C)C(CNC(=O)C2CC(C3CCC(C(N)=O)CC3)NC3C2CNN3C(C)C)C(=O)N1. The number of hydrogen-bond acceptors (Lipinski definition) is 6.